The summed E-state index contributed by atoms with van der Waals surface area (Å²) in [6.45, 7) is 3.39. The lowest BCUT2D eigenvalue weighted by Gasteiger charge is -2.10. The molecule has 0 aliphatic rings. The van der Waals surface area contributed by atoms with Crippen LogP contribution in [0.3, 0.4) is 0 Å². The number of hydrogen-bond donors (Lipinski definition) is 1. The van der Waals surface area contributed by atoms with Gasteiger partial charge in [-0.05, 0) is 19.1 Å². The van der Waals surface area contributed by atoms with Crippen molar-refractivity contribution in [2.24, 2.45) is 0 Å². The predicted octanol–water partition coefficient (Wildman–Crippen LogP) is 2.45. The third kappa shape index (κ3) is 2.90. The lowest BCUT2D eigenvalue weighted by Crippen LogP contribution is -2.10. The summed E-state index contributed by atoms with van der Waals surface area (Å²) in [6.07, 6.45) is 1.47. The van der Waals surface area contributed by atoms with E-state index in [1.807, 2.05) is 6.92 Å². The third-order valence-electron chi connectivity index (χ3n) is 2.76. The van der Waals surface area contributed by atoms with Gasteiger partial charge in [0.1, 0.15) is 11.6 Å². The molecule has 0 spiro atoms. The molecule has 1 aromatic heterocycles. The second-order valence-corrected chi connectivity index (χ2v) is 3.97. The molecule has 0 amide bonds. The van der Waals surface area contributed by atoms with E-state index in [1.54, 1.807) is 4.57 Å². The maximum Gasteiger partial charge on any atom is 0.200 e. The minimum Gasteiger partial charge on any atom is -0.380 e. The summed E-state index contributed by atoms with van der Waals surface area (Å²) in [4.78, 5) is 3.96. The molecule has 0 aliphatic carbocycles. The van der Waals surface area contributed by atoms with E-state index >= 15 is 0 Å². The summed E-state index contributed by atoms with van der Waals surface area (Å²) in [5, 5.41) is 0. The van der Waals surface area contributed by atoms with Crippen LogP contribution < -0.4 is 5.73 Å². The van der Waals surface area contributed by atoms with E-state index in [4.69, 9.17) is 10.5 Å². The van der Waals surface area contributed by atoms with E-state index < -0.39 is 11.6 Å². The number of imidazole rings is 1. The normalized spacial score (nSPS) is 10.9. The molecule has 6 heteroatoms. The van der Waals surface area contributed by atoms with Gasteiger partial charge in [0.05, 0.1) is 18.5 Å². The number of ether oxygens (including phenoxy) is 1. The Kier molecular flexibility index (Phi) is 4.11. The lowest BCUT2D eigenvalue weighted by molar-refractivity contribution is 0.139. The first-order chi connectivity index (χ1) is 9.13. The molecule has 2 rings (SSSR count). The first kappa shape index (κ1) is 13.5. The van der Waals surface area contributed by atoms with Crippen LogP contribution >= 0.6 is 0 Å². The van der Waals surface area contributed by atoms with Crippen molar-refractivity contribution in [1.29, 1.82) is 0 Å². The highest BCUT2D eigenvalue weighted by molar-refractivity contribution is 5.61. The number of rotatable bonds is 5. The fourth-order valence-corrected chi connectivity index (χ4v) is 1.84. The lowest BCUT2D eigenvalue weighted by atomic mass is 10.1. The number of aromatic nitrogens is 2. The average molecular weight is 267 g/mol. The molecule has 4 nitrogen and oxygen atoms in total. The van der Waals surface area contributed by atoms with Crippen LogP contribution in [0.4, 0.5) is 14.7 Å². The molecule has 0 fully saturated rings. The van der Waals surface area contributed by atoms with Gasteiger partial charge in [-0.2, -0.15) is 0 Å². The molecule has 0 saturated heterocycles. The fourth-order valence-electron chi connectivity index (χ4n) is 1.84. The maximum absolute atomic E-state index is 13.8. The second kappa shape index (κ2) is 5.79. The summed E-state index contributed by atoms with van der Waals surface area (Å²) in [6, 6.07) is 3.41. The zero-order valence-corrected chi connectivity index (χ0v) is 10.6. The summed E-state index contributed by atoms with van der Waals surface area (Å²) in [7, 11) is 0. The molecule has 0 saturated carbocycles. The van der Waals surface area contributed by atoms with E-state index in [0.717, 1.165) is 6.07 Å². The number of nitrogens with two attached hydrogens (primary N) is 1. The topological polar surface area (TPSA) is 53.1 Å². The minimum absolute atomic E-state index is 0.266. The van der Waals surface area contributed by atoms with Gasteiger partial charge in [-0.1, -0.05) is 0 Å². The Morgan fingerprint density at radius 2 is 2.16 bits per heavy atom. The summed E-state index contributed by atoms with van der Waals surface area (Å²) in [5.41, 5.74) is 6.52. The largest absolute Gasteiger partial charge is 0.380 e. The molecule has 2 N–H and O–H groups in total. The second-order valence-electron chi connectivity index (χ2n) is 3.97. The van der Waals surface area contributed by atoms with Crippen molar-refractivity contribution >= 4 is 5.95 Å². The van der Waals surface area contributed by atoms with E-state index in [-0.39, 0.29) is 11.5 Å². The summed E-state index contributed by atoms with van der Waals surface area (Å²) < 4.78 is 33.6. The molecule has 0 aliphatic heterocycles. The molecule has 2 aromatic rings. The predicted molar refractivity (Wildman–Crippen MR) is 68.5 cm³/mol. The van der Waals surface area contributed by atoms with Gasteiger partial charge >= 0.3 is 0 Å². The van der Waals surface area contributed by atoms with Gasteiger partial charge in [0.2, 0.25) is 5.95 Å². The molecule has 0 radical (unpaired) electrons. The molecular weight excluding hydrogens is 252 g/mol. The van der Waals surface area contributed by atoms with Gasteiger partial charge in [0.15, 0.2) is 0 Å². The monoisotopic (exact) mass is 267 g/mol. The third-order valence-corrected chi connectivity index (χ3v) is 2.76. The number of benzene rings is 1. The van der Waals surface area contributed by atoms with Gasteiger partial charge in [0.25, 0.3) is 0 Å². The van der Waals surface area contributed by atoms with Crippen molar-refractivity contribution < 1.29 is 13.5 Å². The minimum atomic E-state index is -0.641. The van der Waals surface area contributed by atoms with Crippen LogP contribution in [0.5, 0.6) is 0 Å². The van der Waals surface area contributed by atoms with Gasteiger partial charge in [-0.25, -0.2) is 13.8 Å². The molecule has 102 valence electrons. The van der Waals surface area contributed by atoms with Crippen LogP contribution in [-0.4, -0.2) is 22.8 Å². The molecule has 19 heavy (non-hydrogen) atoms. The SMILES string of the molecule is CCOCCn1c(-c2ccc(F)cc2F)cnc1N. The number of hydrogen-bond acceptors (Lipinski definition) is 3. The van der Waals surface area contributed by atoms with Crippen LogP contribution in [0.25, 0.3) is 11.3 Å². The summed E-state index contributed by atoms with van der Waals surface area (Å²) in [5.74, 6) is -0.981. The van der Waals surface area contributed by atoms with Gasteiger partial charge in [-0.15, -0.1) is 0 Å². The van der Waals surface area contributed by atoms with Crippen molar-refractivity contribution in [3.05, 3.63) is 36.0 Å². The molecule has 1 aromatic carbocycles. The van der Waals surface area contributed by atoms with Gasteiger partial charge in [0, 0.05) is 24.8 Å². The van der Waals surface area contributed by atoms with Crippen molar-refractivity contribution in [1.82, 2.24) is 9.55 Å². The number of nitrogen functional groups attached to an aromatic ring is 1. The van der Waals surface area contributed by atoms with Crippen LogP contribution in [-0.2, 0) is 11.3 Å². The number of nitrogens with zero attached hydrogens (tertiary/aromatic N) is 2. The Hall–Kier alpha value is -1.95. The van der Waals surface area contributed by atoms with Crippen LogP contribution in [0.15, 0.2) is 24.4 Å². The van der Waals surface area contributed by atoms with E-state index in [9.17, 15) is 8.78 Å². The zero-order chi connectivity index (χ0) is 13.8. The Morgan fingerprint density at radius 3 is 2.84 bits per heavy atom. The van der Waals surface area contributed by atoms with Gasteiger partial charge in [-0.3, -0.25) is 0 Å². The van der Waals surface area contributed by atoms with Gasteiger partial charge < -0.3 is 15.0 Å². The standard InChI is InChI=1S/C13H15F2N3O/c1-2-19-6-5-18-12(8-17-13(18)16)10-4-3-9(14)7-11(10)15/h3-4,7-8H,2,5-6H2,1H3,(H2,16,17). The number of anilines is 1. The average Bonchev–Trinajstić information content (AvgIpc) is 2.72. The zero-order valence-electron chi connectivity index (χ0n) is 10.6. The highest BCUT2D eigenvalue weighted by atomic mass is 19.1. The molecule has 0 atom stereocenters. The van der Waals surface area contributed by atoms with E-state index in [2.05, 4.69) is 4.98 Å². The Morgan fingerprint density at radius 1 is 1.37 bits per heavy atom. The van der Waals surface area contributed by atoms with Crippen LogP contribution in [0.2, 0.25) is 0 Å². The number of halogens is 2. The molecule has 0 bridgehead atoms. The van der Waals surface area contributed by atoms with Crippen molar-refractivity contribution in [2.45, 2.75) is 13.5 Å². The smallest absolute Gasteiger partial charge is 0.200 e. The van der Waals surface area contributed by atoms with Crippen molar-refractivity contribution in [2.75, 3.05) is 18.9 Å². The Labute approximate surface area is 109 Å². The first-order valence-corrected chi connectivity index (χ1v) is 5.97. The maximum atomic E-state index is 13.8. The first-order valence-electron chi connectivity index (χ1n) is 5.97. The van der Waals surface area contributed by atoms with Crippen LogP contribution in [0, 0.1) is 11.6 Å². The molecular formula is C13H15F2N3O. The quantitative estimate of drug-likeness (QED) is 0.847. The van der Waals surface area contributed by atoms with Crippen molar-refractivity contribution in [3.63, 3.8) is 0 Å². The fraction of sp³-hybridized carbons (Fsp3) is 0.308. The Balaban J connectivity index is 2.34. The van der Waals surface area contributed by atoms with E-state index in [1.165, 1.54) is 18.3 Å². The highest BCUT2D eigenvalue weighted by Gasteiger charge is 2.13. The molecule has 1 heterocycles. The highest BCUT2D eigenvalue weighted by Crippen LogP contribution is 2.25. The Bertz CT molecular complexity index is 569. The van der Waals surface area contributed by atoms with Crippen molar-refractivity contribution in [3.8, 4) is 11.3 Å². The van der Waals surface area contributed by atoms with E-state index in [0.29, 0.717) is 25.5 Å². The van der Waals surface area contributed by atoms with Crippen LogP contribution in [0.1, 0.15) is 6.92 Å². The summed E-state index contributed by atoms with van der Waals surface area (Å²) >= 11 is 0. The molecule has 0 unspecified atom stereocenters.